The lowest BCUT2D eigenvalue weighted by Gasteiger charge is -2.11. The van der Waals surface area contributed by atoms with E-state index in [1.54, 1.807) is 24.3 Å². The molecule has 0 atom stereocenters. The van der Waals surface area contributed by atoms with E-state index in [0.717, 1.165) is 22.3 Å². The maximum atomic E-state index is 12.7. The molecule has 0 spiro atoms. The van der Waals surface area contributed by atoms with Gasteiger partial charge in [0.25, 0.3) is 11.8 Å². The summed E-state index contributed by atoms with van der Waals surface area (Å²) in [5, 5.41) is 6.90. The number of benzene rings is 2. The maximum absolute atomic E-state index is 12.7. The minimum Gasteiger partial charge on any atom is -0.321 e. The van der Waals surface area contributed by atoms with E-state index < -0.39 is 0 Å². The molecule has 0 bridgehead atoms. The molecule has 0 saturated carbocycles. The Morgan fingerprint density at radius 2 is 1.08 bits per heavy atom. The van der Waals surface area contributed by atoms with E-state index in [0.29, 0.717) is 32.6 Å². The first-order valence-corrected chi connectivity index (χ1v) is 8.77. The second-order valence-electron chi connectivity index (χ2n) is 6.33. The van der Waals surface area contributed by atoms with Crippen molar-refractivity contribution in [2.75, 3.05) is 0 Å². The number of aryl methyl sites for hydroxylation is 2. The largest absolute Gasteiger partial charge is 0.321 e. The summed E-state index contributed by atoms with van der Waals surface area (Å²) in [5.41, 5.74) is 5.07. The number of amides is 2. The second-order valence-corrected chi connectivity index (χ2v) is 7.20. The zero-order valence-electron chi connectivity index (χ0n) is 14.0. The lowest BCUT2D eigenvalue weighted by atomic mass is 9.98. The van der Waals surface area contributed by atoms with Gasteiger partial charge in [-0.05, 0) is 49.2 Å². The van der Waals surface area contributed by atoms with Gasteiger partial charge in [-0.2, -0.15) is 0 Å². The zero-order valence-corrected chi connectivity index (χ0v) is 15.5. The van der Waals surface area contributed by atoms with Crippen LogP contribution in [-0.4, -0.2) is 11.8 Å². The summed E-state index contributed by atoms with van der Waals surface area (Å²) in [7, 11) is 0. The van der Waals surface area contributed by atoms with Crippen molar-refractivity contribution < 1.29 is 9.59 Å². The SMILES string of the molecule is Cc1cc(Cl)ccc1C1=C2C(=O)NC(c3ccc(Cl)cc3C)=C2C(=O)N1. The van der Waals surface area contributed by atoms with Crippen LogP contribution in [0.15, 0.2) is 47.5 Å². The molecule has 0 radical (unpaired) electrons. The van der Waals surface area contributed by atoms with Gasteiger partial charge in [0.1, 0.15) is 0 Å². The number of carbonyl (C=O) groups excluding carboxylic acids is 2. The van der Waals surface area contributed by atoms with Gasteiger partial charge in [0.05, 0.1) is 22.5 Å². The third kappa shape index (κ3) is 2.54. The van der Waals surface area contributed by atoms with Crippen molar-refractivity contribution in [2.45, 2.75) is 13.8 Å². The summed E-state index contributed by atoms with van der Waals surface area (Å²) in [6.45, 7) is 3.78. The average Bonchev–Trinajstić information content (AvgIpc) is 3.07. The summed E-state index contributed by atoms with van der Waals surface area (Å²) in [6, 6.07) is 10.7. The standard InChI is InChI=1S/C20H14Cl2N2O2/c1-9-7-11(21)3-5-13(9)17-15-16(20(26)23-17)18(24-19(15)25)14-6-4-12(22)8-10(14)2/h3-8H,1-2H3,(H,23,26)(H,24,25). The van der Waals surface area contributed by atoms with Crippen LogP contribution in [-0.2, 0) is 9.59 Å². The van der Waals surface area contributed by atoms with Gasteiger partial charge in [0.2, 0.25) is 0 Å². The van der Waals surface area contributed by atoms with Crippen LogP contribution < -0.4 is 10.6 Å². The van der Waals surface area contributed by atoms with E-state index in [4.69, 9.17) is 23.2 Å². The minimum absolute atomic E-state index is 0.299. The smallest absolute Gasteiger partial charge is 0.258 e. The Hall–Kier alpha value is -2.56. The van der Waals surface area contributed by atoms with E-state index in [9.17, 15) is 9.59 Å². The highest BCUT2D eigenvalue weighted by Crippen LogP contribution is 2.39. The van der Waals surface area contributed by atoms with Crippen LogP contribution >= 0.6 is 23.2 Å². The molecule has 2 aromatic carbocycles. The number of hydrogen-bond acceptors (Lipinski definition) is 2. The van der Waals surface area contributed by atoms with E-state index in [2.05, 4.69) is 10.6 Å². The van der Waals surface area contributed by atoms with Crippen LogP contribution in [0.5, 0.6) is 0 Å². The quantitative estimate of drug-likeness (QED) is 0.821. The zero-order chi connectivity index (χ0) is 18.6. The first kappa shape index (κ1) is 16.9. The molecule has 4 nitrogen and oxygen atoms in total. The van der Waals surface area contributed by atoms with Crippen LogP contribution in [0.2, 0.25) is 10.0 Å². The molecule has 4 rings (SSSR count). The molecule has 0 aliphatic carbocycles. The lowest BCUT2D eigenvalue weighted by Crippen LogP contribution is -2.22. The molecule has 2 aliphatic rings. The van der Waals surface area contributed by atoms with Gasteiger partial charge < -0.3 is 10.6 Å². The van der Waals surface area contributed by atoms with Gasteiger partial charge in [-0.15, -0.1) is 0 Å². The molecular weight excluding hydrogens is 371 g/mol. The highest BCUT2D eigenvalue weighted by atomic mass is 35.5. The van der Waals surface area contributed by atoms with Gasteiger partial charge >= 0.3 is 0 Å². The molecule has 0 saturated heterocycles. The number of carbonyl (C=O) groups is 2. The predicted octanol–water partition coefficient (Wildman–Crippen LogP) is 3.99. The third-order valence-corrected chi connectivity index (χ3v) is 5.07. The molecule has 0 unspecified atom stereocenters. The third-order valence-electron chi connectivity index (χ3n) is 4.60. The predicted molar refractivity (Wildman–Crippen MR) is 103 cm³/mol. The summed E-state index contributed by atoms with van der Waals surface area (Å²) in [5.74, 6) is -0.598. The van der Waals surface area contributed by atoms with Crippen molar-refractivity contribution >= 4 is 46.4 Å². The van der Waals surface area contributed by atoms with Crippen molar-refractivity contribution in [3.8, 4) is 0 Å². The fourth-order valence-corrected chi connectivity index (χ4v) is 3.85. The fraction of sp³-hybridized carbons (Fsp3) is 0.100. The van der Waals surface area contributed by atoms with E-state index in [1.165, 1.54) is 0 Å². The van der Waals surface area contributed by atoms with Gasteiger partial charge in [-0.3, -0.25) is 9.59 Å². The monoisotopic (exact) mass is 384 g/mol. The Balaban J connectivity index is 1.94. The molecule has 2 aromatic rings. The molecule has 6 heteroatoms. The first-order chi connectivity index (χ1) is 12.4. The minimum atomic E-state index is -0.299. The Labute approximate surface area is 160 Å². The number of hydrogen-bond donors (Lipinski definition) is 2. The molecule has 130 valence electrons. The van der Waals surface area contributed by atoms with Gasteiger partial charge in [0, 0.05) is 21.2 Å². The Kier molecular flexibility index (Phi) is 3.90. The molecule has 2 amide bonds. The summed E-state index contributed by atoms with van der Waals surface area (Å²) in [4.78, 5) is 25.3. The van der Waals surface area contributed by atoms with Gasteiger partial charge in [-0.25, -0.2) is 0 Å². The van der Waals surface area contributed by atoms with Crippen LogP contribution in [0.1, 0.15) is 22.3 Å². The van der Waals surface area contributed by atoms with Crippen molar-refractivity contribution in [3.63, 3.8) is 0 Å². The molecule has 2 heterocycles. The fourth-order valence-electron chi connectivity index (χ4n) is 3.40. The van der Waals surface area contributed by atoms with Gasteiger partial charge in [-0.1, -0.05) is 35.3 Å². The Morgan fingerprint density at radius 1 is 0.692 bits per heavy atom. The summed E-state index contributed by atoms with van der Waals surface area (Å²) < 4.78 is 0. The summed E-state index contributed by atoms with van der Waals surface area (Å²) >= 11 is 12.0. The van der Waals surface area contributed by atoms with Crippen LogP contribution in [0.25, 0.3) is 11.4 Å². The van der Waals surface area contributed by atoms with Crippen molar-refractivity contribution in [1.82, 2.24) is 10.6 Å². The molecule has 26 heavy (non-hydrogen) atoms. The highest BCUT2D eigenvalue weighted by Gasteiger charge is 2.41. The van der Waals surface area contributed by atoms with Crippen LogP contribution in [0.4, 0.5) is 0 Å². The summed E-state index contributed by atoms with van der Waals surface area (Å²) in [6.07, 6.45) is 0. The maximum Gasteiger partial charge on any atom is 0.258 e. The lowest BCUT2D eigenvalue weighted by molar-refractivity contribution is -0.117. The second kappa shape index (κ2) is 6.01. The highest BCUT2D eigenvalue weighted by molar-refractivity contribution is 6.32. The number of halogens is 2. The van der Waals surface area contributed by atoms with Crippen molar-refractivity contribution in [1.29, 1.82) is 0 Å². The van der Waals surface area contributed by atoms with E-state index in [-0.39, 0.29) is 11.8 Å². The topological polar surface area (TPSA) is 58.2 Å². The van der Waals surface area contributed by atoms with E-state index >= 15 is 0 Å². The molecular formula is C20H14Cl2N2O2. The average molecular weight is 385 g/mol. The molecule has 0 fully saturated rings. The Bertz CT molecular complexity index is 982. The van der Waals surface area contributed by atoms with Crippen molar-refractivity contribution in [2.24, 2.45) is 0 Å². The number of rotatable bonds is 2. The normalized spacial score (nSPS) is 16.2. The van der Waals surface area contributed by atoms with E-state index in [1.807, 2.05) is 26.0 Å². The van der Waals surface area contributed by atoms with Crippen LogP contribution in [0, 0.1) is 13.8 Å². The Morgan fingerprint density at radius 3 is 1.42 bits per heavy atom. The van der Waals surface area contributed by atoms with Gasteiger partial charge in [0.15, 0.2) is 0 Å². The molecule has 0 aromatic heterocycles. The molecule has 2 aliphatic heterocycles. The number of nitrogens with one attached hydrogen (secondary N) is 2. The first-order valence-electron chi connectivity index (χ1n) is 8.01. The molecule has 2 N–H and O–H groups in total. The number of fused-ring (bicyclic) bond motifs is 1. The van der Waals surface area contributed by atoms with Crippen molar-refractivity contribution in [3.05, 3.63) is 79.8 Å². The van der Waals surface area contributed by atoms with Crippen LogP contribution in [0.3, 0.4) is 0 Å².